The molecule has 0 spiro atoms. The second-order valence-corrected chi connectivity index (χ2v) is 8.76. The van der Waals surface area contributed by atoms with Crippen molar-refractivity contribution >= 4 is 33.5 Å². The average molecular weight is 483 g/mol. The van der Waals surface area contributed by atoms with Crippen LogP contribution < -0.4 is 10.5 Å². The van der Waals surface area contributed by atoms with Crippen LogP contribution >= 0.6 is 0 Å². The summed E-state index contributed by atoms with van der Waals surface area (Å²) in [5.41, 5.74) is 2.50. The molecule has 1 saturated heterocycles. The van der Waals surface area contributed by atoms with Crippen LogP contribution in [0, 0.1) is 6.92 Å². The Kier molecular flexibility index (Phi) is 5.74. The summed E-state index contributed by atoms with van der Waals surface area (Å²) in [6, 6.07) is 11.0. The zero-order valence-corrected chi connectivity index (χ0v) is 19.1. The highest BCUT2D eigenvalue weighted by atomic mass is 19.4. The van der Waals surface area contributed by atoms with Crippen LogP contribution in [0.1, 0.15) is 17.5 Å². The van der Waals surface area contributed by atoms with Crippen LogP contribution in [0.3, 0.4) is 0 Å². The lowest BCUT2D eigenvalue weighted by Crippen LogP contribution is -2.49. The highest BCUT2D eigenvalue weighted by Gasteiger charge is 2.31. The van der Waals surface area contributed by atoms with Gasteiger partial charge in [-0.1, -0.05) is 24.3 Å². The molecule has 10 heteroatoms. The molecule has 1 amide bonds. The number of anilines is 1. The third-order valence-corrected chi connectivity index (χ3v) is 6.55. The molecule has 2 aromatic carbocycles. The van der Waals surface area contributed by atoms with Gasteiger partial charge in [-0.2, -0.15) is 13.2 Å². The Labute approximate surface area is 198 Å². The fourth-order valence-electron chi connectivity index (χ4n) is 4.59. The third-order valence-electron chi connectivity index (χ3n) is 6.55. The Hall–Kier alpha value is -3.82. The van der Waals surface area contributed by atoms with Gasteiger partial charge in [0.15, 0.2) is 0 Å². The first kappa shape index (κ1) is 22.9. The standard InChI is InChI=1S/C25H24F3N5O2/c1-16-4-2-7-19-21(16)30-23-22(19)29-15-33(24(23)35)9-8-20(34)32-12-10-31(11-13-32)18-6-3-5-17(14-18)25(26,27)28/h2-7,14-15,30H,8-13H2,1H3. The second kappa shape index (κ2) is 8.75. The molecule has 4 aromatic rings. The number of alkyl halides is 3. The quantitative estimate of drug-likeness (QED) is 0.477. The number of H-pyrrole nitrogens is 1. The second-order valence-electron chi connectivity index (χ2n) is 8.76. The van der Waals surface area contributed by atoms with Crippen LogP contribution in [0.15, 0.2) is 53.6 Å². The summed E-state index contributed by atoms with van der Waals surface area (Å²) in [7, 11) is 0. The molecule has 0 bridgehead atoms. The van der Waals surface area contributed by atoms with E-state index in [1.165, 1.54) is 17.0 Å². The summed E-state index contributed by atoms with van der Waals surface area (Å²) in [6.45, 7) is 3.85. The fourth-order valence-corrected chi connectivity index (χ4v) is 4.59. The highest BCUT2D eigenvalue weighted by molar-refractivity contribution is 6.05. The molecule has 1 aliphatic heterocycles. The smallest absolute Gasteiger partial charge is 0.368 e. The Morgan fingerprint density at radius 3 is 2.54 bits per heavy atom. The largest absolute Gasteiger partial charge is 0.416 e. The lowest BCUT2D eigenvalue weighted by molar-refractivity contribution is -0.137. The molecule has 5 rings (SSSR count). The van der Waals surface area contributed by atoms with Crippen molar-refractivity contribution in [3.05, 3.63) is 70.3 Å². The molecule has 0 aliphatic carbocycles. The summed E-state index contributed by atoms with van der Waals surface area (Å²) < 4.78 is 40.5. The fraction of sp³-hybridized carbons (Fsp3) is 0.320. The molecule has 0 radical (unpaired) electrons. The van der Waals surface area contributed by atoms with Crippen molar-refractivity contribution in [3.8, 4) is 0 Å². The van der Waals surface area contributed by atoms with Gasteiger partial charge in [-0.3, -0.25) is 14.2 Å². The van der Waals surface area contributed by atoms with Crippen LogP contribution in [0.4, 0.5) is 18.9 Å². The zero-order chi connectivity index (χ0) is 24.7. The van der Waals surface area contributed by atoms with Crippen molar-refractivity contribution in [1.29, 1.82) is 0 Å². The first-order valence-electron chi connectivity index (χ1n) is 11.4. The lowest BCUT2D eigenvalue weighted by Gasteiger charge is -2.36. The number of carbonyl (C=O) groups is 1. The molecule has 35 heavy (non-hydrogen) atoms. The van der Waals surface area contributed by atoms with Crippen LogP contribution in [-0.2, 0) is 17.5 Å². The van der Waals surface area contributed by atoms with E-state index in [-0.39, 0.29) is 24.4 Å². The van der Waals surface area contributed by atoms with E-state index in [2.05, 4.69) is 9.97 Å². The van der Waals surface area contributed by atoms with Crippen molar-refractivity contribution in [1.82, 2.24) is 19.4 Å². The highest BCUT2D eigenvalue weighted by Crippen LogP contribution is 2.32. The Morgan fingerprint density at radius 2 is 1.80 bits per heavy atom. The monoisotopic (exact) mass is 483 g/mol. The number of nitrogens with one attached hydrogen (secondary N) is 1. The van der Waals surface area contributed by atoms with Crippen molar-refractivity contribution < 1.29 is 18.0 Å². The Balaban J connectivity index is 1.23. The summed E-state index contributed by atoms with van der Waals surface area (Å²) >= 11 is 0. The normalized spacial score (nSPS) is 14.7. The Bertz CT molecular complexity index is 1470. The molecule has 182 valence electrons. The number of rotatable bonds is 4. The van der Waals surface area contributed by atoms with Crippen molar-refractivity contribution in [2.24, 2.45) is 0 Å². The maximum atomic E-state index is 13.0. The number of halogens is 3. The predicted molar refractivity (Wildman–Crippen MR) is 127 cm³/mol. The van der Waals surface area contributed by atoms with Crippen LogP contribution in [0.2, 0.25) is 0 Å². The number of amides is 1. The molecule has 3 heterocycles. The number of aryl methyl sites for hydroxylation is 2. The predicted octanol–water partition coefficient (Wildman–Crippen LogP) is 3.94. The number of aromatic nitrogens is 3. The van der Waals surface area contributed by atoms with Crippen molar-refractivity contribution in [3.63, 3.8) is 0 Å². The van der Waals surface area contributed by atoms with E-state index in [4.69, 9.17) is 0 Å². The number of nitrogens with zero attached hydrogens (tertiary/aromatic N) is 4. The van der Waals surface area contributed by atoms with E-state index in [1.54, 1.807) is 11.0 Å². The van der Waals surface area contributed by atoms with Crippen LogP contribution in [0.25, 0.3) is 21.9 Å². The first-order valence-corrected chi connectivity index (χ1v) is 11.4. The van der Waals surface area contributed by atoms with E-state index in [0.717, 1.165) is 28.6 Å². The maximum absolute atomic E-state index is 13.0. The molecule has 0 unspecified atom stereocenters. The molecule has 7 nitrogen and oxygen atoms in total. The van der Waals surface area contributed by atoms with Gasteiger partial charge in [0.25, 0.3) is 5.56 Å². The number of aromatic amines is 1. The first-order chi connectivity index (χ1) is 16.7. The average Bonchev–Trinajstić information content (AvgIpc) is 3.24. The van der Waals surface area contributed by atoms with E-state index >= 15 is 0 Å². The molecule has 0 saturated carbocycles. The maximum Gasteiger partial charge on any atom is 0.416 e. The number of fused-ring (bicyclic) bond motifs is 3. The molecule has 2 aromatic heterocycles. The summed E-state index contributed by atoms with van der Waals surface area (Å²) in [6.07, 6.45) is -2.79. The van der Waals surface area contributed by atoms with E-state index in [0.29, 0.717) is 42.9 Å². The third kappa shape index (κ3) is 4.36. The number of hydrogen-bond acceptors (Lipinski definition) is 4. The van der Waals surface area contributed by atoms with Crippen LogP contribution in [-0.4, -0.2) is 51.5 Å². The van der Waals surface area contributed by atoms with Crippen molar-refractivity contribution in [2.45, 2.75) is 26.1 Å². The van der Waals surface area contributed by atoms with Gasteiger partial charge in [-0.15, -0.1) is 0 Å². The molecule has 0 atom stereocenters. The van der Waals surface area contributed by atoms with E-state index < -0.39 is 11.7 Å². The molecular formula is C25H24F3N5O2. The van der Waals surface area contributed by atoms with Gasteiger partial charge in [0.1, 0.15) is 11.0 Å². The number of carbonyl (C=O) groups excluding carboxylic acids is 1. The van der Waals surface area contributed by atoms with Gasteiger partial charge in [0.05, 0.1) is 17.4 Å². The molecule has 1 aliphatic rings. The van der Waals surface area contributed by atoms with Gasteiger partial charge in [0.2, 0.25) is 5.91 Å². The Morgan fingerprint density at radius 1 is 1.06 bits per heavy atom. The van der Waals surface area contributed by atoms with E-state index in [9.17, 15) is 22.8 Å². The topological polar surface area (TPSA) is 74.2 Å². The van der Waals surface area contributed by atoms with Gasteiger partial charge >= 0.3 is 6.18 Å². The van der Waals surface area contributed by atoms with Gasteiger partial charge < -0.3 is 14.8 Å². The molecular weight excluding hydrogens is 459 g/mol. The zero-order valence-electron chi connectivity index (χ0n) is 19.1. The lowest BCUT2D eigenvalue weighted by atomic mass is 10.1. The number of hydrogen-bond donors (Lipinski definition) is 1. The van der Waals surface area contributed by atoms with E-state index in [1.807, 2.05) is 30.0 Å². The van der Waals surface area contributed by atoms with Crippen LogP contribution in [0.5, 0.6) is 0 Å². The minimum absolute atomic E-state index is 0.104. The summed E-state index contributed by atoms with van der Waals surface area (Å²) in [5.74, 6) is -0.104. The van der Waals surface area contributed by atoms with Gasteiger partial charge in [-0.05, 0) is 30.7 Å². The number of para-hydroxylation sites is 1. The number of piperazine rings is 1. The van der Waals surface area contributed by atoms with Gasteiger partial charge in [-0.25, -0.2) is 4.98 Å². The minimum Gasteiger partial charge on any atom is -0.368 e. The van der Waals surface area contributed by atoms with Gasteiger partial charge in [0, 0.05) is 50.2 Å². The minimum atomic E-state index is -4.39. The summed E-state index contributed by atoms with van der Waals surface area (Å²) in [4.78, 5) is 36.9. The number of benzene rings is 2. The SMILES string of the molecule is Cc1cccc2c1[nH]c1c(=O)n(CCC(=O)N3CCN(c4cccc(C(F)(F)F)c4)CC3)cnc12. The van der Waals surface area contributed by atoms with Crippen molar-refractivity contribution in [2.75, 3.05) is 31.1 Å². The molecule has 1 fully saturated rings. The molecule has 1 N–H and O–H groups in total. The summed E-state index contributed by atoms with van der Waals surface area (Å²) in [5, 5.41) is 0.888.